The van der Waals surface area contributed by atoms with Gasteiger partial charge in [-0.3, -0.25) is 9.69 Å². The van der Waals surface area contributed by atoms with Crippen LogP contribution in [0, 0.1) is 0 Å². The summed E-state index contributed by atoms with van der Waals surface area (Å²) in [5, 5.41) is 4.33. The largest absolute Gasteiger partial charge is 0.297 e. The second-order valence-corrected chi connectivity index (χ2v) is 5.72. The van der Waals surface area contributed by atoms with E-state index in [1.165, 1.54) is 36.2 Å². The molecule has 1 aliphatic rings. The Morgan fingerprint density at radius 3 is 2.62 bits per heavy atom. The van der Waals surface area contributed by atoms with Gasteiger partial charge in [0.05, 0.1) is 5.69 Å². The van der Waals surface area contributed by atoms with Crippen LogP contribution in [0.25, 0.3) is 11.3 Å². The van der Waals surface area contributed by atoms with E-state index < -0.39 is 0 Å². The number of nitrogens with zero attached hydrogens (tertiary/aromatic N) is 3. The Kier molecular flexibility index (Phi) is 3.88. The molecule has 2 heterocycles. The lowest BCUT2D eigenvalue weighted by molar-refractivity contribution is 0.263. The summed E-state index contributed by atoms with van der Waals surface area (Å²) in [7, 11) is 1.68. The van der Waals surface area contributed by atoms with Gasteiger partial charge in [0, 0.05) is 24.7 Å². The molecule has 2 aromatic rings. The predicted molar refractivity (Wildman–Crippen MR) is 84.1 cm³/mol. The molecule has 0 saturated carbocycles. The summed E-state index contributed by atoms with van der Waals surface area (Å²) in [6.07, 6.45) is 2.60. The standard InChI is InChI=1S/C17H21N3O/c1-13(20-10-3-4-11-20)14-6-5-7-15(12-14)16-8-9-17(21)19(2)18-16/h5-9,12-13H,3-4,10-11H2,1-2H3/t13-/m1/s1. The van der Waals surface area contributed by atoms with Gasteiger partial charge in [0.1, 0.15) is 0 Å². The van der Waals surface area contributed by atoms with E-state index >= 15 is 0 Å². The van der Waals surface area contributed by atoms with Gasteiger partial charge in [-0.1, -0.05) is 18.2 Å². The van der Waals surface area contributed by atoms with Gasteiger partial charge in [0.15, 0.2) is 0 Å². The lowest BCUT2D eigenvalue weighted by Gasteiger charge is -2.24. The fourth-order valence-corrected chi connectivity index (χ4v) is 2.95. The first-order chi connectivity index (χ1) is 10.1. The fourth-order valence-electron chi connectivity index (χ4n) is 2.95. The van der Waals surface area contributed by atoms with Crippen molar-refractivity contribution in [2.45, 2.75) is 25.8 Å². The third-order valence-corrected chi connectivity index (χ3v) is 4.31. The Bertz CT molecular complexity index is 686. The molecular formula is C17H21N3O. The van der Waals surface area contributed by atoms with Crippen molar-refractivity contribution in [2.24, 2.45) is 7.05 Å². The van der Waals surface area contributed by atoms with E-state index in [-0.39, 0.29) is 5.56 Å². The molecule has 0 amide bonds. The average molecular weight is 283 g/mol. The van der Waals surface area contributed by atoms with Crippen molar-refractivity contribution in [3.8, 4) is 11.3 Å². The van der Waals surface area contributed by atoms with Gasteiger partial charge in [-0.15, -0.1) is 0 Å². The molecule has 1 aromatic heterocycles. The number of hydrogen-bond acceptors (Lipinski definition) is 3. The molecule has 0 spiro atoms. The molecule has 0 aliphatic carbocycles. The van der Waals surface area contributed by atoms with E-state index in [0.29, 0.717) is 6.04 Å². The number of likely N-dealkylation sites (tertiary alicyclic amines) is 1. The van der Waals surface area contributed by atoms with Crippen LogP contribution in [0.4, 0.5) is 0 Å². The molecule has 110 valence electrons. The van der Waals surface area contributed by atoms with E-state index in [1.54, 1.807) is 19.2 Å². The van der Waals surface area contributed by atoms with Gasteiger partial charge in [-0.05, 0) is 50.6 Å². The van der Waals surface area contributed by atoms with Crippen molar-refractivity contribution in [1.29, 1.82) is 0 Å². The molecule has 1 atom stereocenters. The zero-order chi connectivity index (χ0) is 14.8. The van der Waals surface area contributed by atoms with Crippen molar-refractivity contribution in [1.82, 2.24) is 14.7 Å². The number of aryl methyl sites for hydroxylation is 1. The summed E-state index contributed by atoms with van der Waals surface area (Å²) in [6, 6.07) is 12.3. The molecule has 4 heteroatoms. The average Bonchev–Trinajstić information content (AvgIpc) is 3.04. The minimum Gasteiger partial charge on any atom is -0.297 e. The van der Waals surface area contributed by atoms with Crippen molar-refractivity contribution in [2.75, 3.05) is 13.1 Å². The molecular weight excluding hydrogens is 262 g/mol. The maximum absolute atomic E-state index is 11.4. The van der Waals surface area contributed by atoms with E-state index in [0.717, 1.165) is 11.3 Å². The highest BCUT2D eigenvalue weighted by molar-refractivity contribution is 5.59. The summed E-state index contributed by atoms with van der Waals surface area (Å²) in [5.74, 6) is 0. The van der Waals surface area contributed by atoms with Crippen molar-refractivity contribution in [3.05, 3.63) is 52.3 Å². The summed E-state index contributed by atoms with van der Waals surface area (Å²) < 4.78 is 1.38. The molecule has 0 bridgehead atoms. The van der Waals surface area contributed by atoms with Gasteiger partial charge in [-0.2, -0.15) is 5.10 Å². The number of aromatic nitrogens is 2. The van der Waals surface area contributed by atoms with Crippen LogP contribution in [0.2, 0.25) is 0 Å². The molecule has 0 radical (unpaired) electrons. The quantitative estimate of drug-likeness (QED) is 0.869. The van der Waals surface area contributed by atoms with Crippen LogP contribution in [-0.2, 0) is 7.05 Å². The molecule has 0 unspecified atom stereocenters. The zero-order valence-electron chi connectivity index (χ0n) is 12.6. The van der Waals surface area contributed by atoms with Crippen LogP contribution in [0.5, 0.6) is 0 Å². The predicted octanol–water partition coefficient (Wildman–Crippen LogP) is 2.60. The summed E-state index contributed by atoms with van der Waals surface area (Å²) >= 11 is 0. The second kappa shape index (κ2) is 5.82. The monoisotopic (exact) mass is 283 g/mol. The second-order valence-electron chi connectivity index (χ2n) is 5.72. The Morgan fingerprint density at radius 2 is 1.90 bits per heavy atom. The third kappa shape index (κ3) is 2.90. The maximum atomic E-state index is 11.4. The molecule has 4 nitrogen and oxygen atoms in total. The lowest BCUT2D eigenvalue weighted by atomic mass is 10.0. The highest BCUT2D eigenvalue weighted by Gasteiger charge is 2.19. The molecule has 1 aromatic carbocycles. The lowest BCUT2D eigenvalue weighted by Crippen LogP contribution is -2.23. The van der Waals surface area contributed by atoms with Gasteiger partial charge >= 0.3 is 0 Å². The van der Waals surface area contributed by atoms with E-state index in [4.69, 9.17) is 0 Å². The Morgan fingerprint density at radius 1 is 1.14 bits per heavy atom. The molecule has 0 N–H and O–H groups in total. The maximum Gasteiger partial charge on any atom is 0.266 e. The summed E-state index contributed by atoms with van der Waals surface area (Å²) in [4.78, 5) is 14.0. The first-order valence-corrected chi connectivity index (χ1v) is 7.54. The van der Waals surface area contributed by atoms with Crippen LogP contribution >= 0.6 is 0 Å². The van der Waals surface area contributed by atoms with Crippen LogP contribution in [0.15, 0.2) is 41.2 Å². The van der Waals surface area contributed by atoms with Crippen LogP contribution < -0.4 is 5.56 Å². The third-order valence-electron chi connectivity index (χ3n) is 4.31. The Balaban J connectivity index is 1.91. The normalized spacial score (nSPS) is 17.0. The van der Waals surface area contributed by atoms with Crippen LogP contribution in [-0.4, -0.2) is 27.8 Å². The first-order valence-electron chi connectivity index (χ1n) is 7.54. The molecule has 1 saturated heterocycles. The first kappa shape index (κ1) is 14.0. The van der Waals surface area contributed by atoms with Crippen LogP contribution in [0.3, 0.4) is 0 Å². The smallest absolute Gasteiger partial charge is 0.266 e. The zero-order valence-corrected chi connectivity index (χ0v) is 12.6. The van der Waals surface area contributed by atoms with Gasteiger partial charge in [0.25, 0.3) is 5.56 Å². The highest BCUT2D eigenvalue weighted by atomic mass is 16.1. The van der Waals surface area contributed by atoms with Crippen molar-refractivity contribution >= 4 is 0 Å². The highest BCUT2D eigenvalue weighted by Crippen LogP contribution is 2.27. The number of benzene rings is 1. The van der Waals surface area contributed by atoms with Gasteiger partial charge in [-0.25, -0.2) is 4.68 Å². The topological polar surface area (TPSA) is 38.1 Å². The Labute approximate surface area is 125 Å². The molecule has 21 heavy (non-hydrogen) atoms. The van der Waals surface area contributed by atoms with E-state index in [1.807, 2.05) is 6.07 Å². The van der Waals surface area contributed by atoms with Crippen molar-refractivity contribution in [3.63, 3.8) is 0 Å². The molecule has 3 rings (SSSR count). The van der Waals surface area contributed by atoms with Crippen LogP contribution in [0.1, 0.15) is 31.4 Å². The number of rotatable bonds is 3. The minimum absolute atomic E-state index is 0.0830. The summed E-state index contributed by atoms with van der Waals surface area (Å²) in [6.45, 7) is 4.63. The van der Waals surface area contributed by atoms with E-state index in [9.17, 15) is 4.79 Å². The van der Waals surface area contributed by atoms with Crippen molar-refractivity contribution < 1.29 is 0 Å². The van der Waals surface area contributed by atoms with Gasteiger partial charge in [0.2, 0.25) is 0 Å². The SMILES string of the molecule is C[C@H](c1cccc(-c2ccc(=O)n(C)n2)c1)N1CCCC1. The minimum atomic E-state index is -0.0830. The molecule has 1 fully saturated rings. The Hall–Kier alpha value is -1.94. The fraction of sp³-hybridized carbons (Fsp3) is 0.412. The van der Waals surface area contributed by atoms with E-state index in [2.05, 4.69) is 35.1 Å². The summed E-state index contributed by atoms with van der Waals surface area (Å²) in [5.41, 5.74) is 3.13. The molecule has 1 aliphatic heterocycles. The number of hydrogen-bond donors (Lipinski definition) is 0. The van der Waals surface area contributed by atoms with Gasteiger partial charge < -0.3 is 0 Å².